The summed E-state index contributed by atoms with van der Waals surface area (Å²) in [6.45, 7) is 6.29. The number of aliphatic hydroxyl groups is 1. The van der Waals surface area contributed by atoms with Gasteiger partial charge in [-0.3, -0.25) is 0 Å². The largest absolute Gasteiger partial charge is 0.462 e. The number of allylic oxidation sites excluding steroid dienone is 3. The number of epoxide rings is 1. The van der Waals surface area contributed by atoms with Gasteiger partial charge in [0.15, 0.2) is 0 Å². The topological polar surface area (TPSA) is 121 Å². The summed E-state index contributed by atoms with van der Waals surface area (Å²) in [5, 5.41) is 9.42. The maximum atomic E-state index is 13.3. The van der Waals surface area contributed by atoms with Gasteiger partial charge in [-0.25, -0.2) is 14.4 Å². The second kappa shape index (κ2) is 9.11. The fourth-order valence-electron chi connectivity index (χ4n) is 6.73. The van der Waals surface area contributed by atoms with E-state index in [1.54, 1.807) is 6.92 Å². The molecule has 5 rings (SSSR count). The van der Waals surface area contributed by atoms with Crippen molar-refractivity contribution in [1.29, 1.82) is 0 Å². The van der Waals surface area contributed by atoms with Crippen molar-refractivity contribution < 1.29 is 43.2 Å². The molecule has 196 valence electrons. The maximum Gasteiger partial charge on any atom is 0.347 e. The third kappa shape index (κ3) is 3.83. The van der Waals surface area contributed by atoms with Crippen LogP contribution in [0.2, 0.25) is 0 Å². The molecule has 36 heavy (non-hydrogen) atoms. The van der Waals surface area contributed by atoms with Crippen molar-refractivity contribution >= 4 is 17.9 Å². The van der Waals surface area contributed by atoms with Crippen LogP contribution in [0.5, 0.6) is 0 Å². The summed E-state index contributed by atoms with van der Waals surface area (Å²) in [5.74, 6) is -2.40. The lowest BCUT2D eigenvalue weighted by Gasteiger charge is -2.57. The summed E-state index contributed by atoms with van der Waals surface area (Å²) >= 11 is 0. The van der Waals surface area contributed by atoms with E-state index in [1.807, 2.05) is 0 Å². The Hall–Kier alpha value is -2.49. The Bertz CT molecular complexity index is 1020. The number of aliphatic hydroxyl groups excluding tert-OH is 1. The van der Waals surface area contributed by atoms with E-state index < -0.39 is 58.6 Å². The fourth-order valence-corrected chi connectivity index (χ4v) is 6.73. The van der Waals surface area contributed by atoms with Crippen molar-refractivity contribution in [3.05, 3.63) is 36.0 Å². The van der Waals surface area contributed by atoms with Gasteiger partial charge >= 0.3 is 17.9 Å². The number of carbonyl (C=O) groups is 3. The first-order chi connectivity index (χ1) is 17.2. The number of carbonyl (C=O) groups excluding carboxylic acids is 3. The van der Waals surface area contributed by atoms with E-state index in [4.69, 9.17) is 23.7 Å². The summed E-state index contributed by atoms with van der Waals surface area (Å²) in [4.78, 5) is 38.3. The number of hydrogen-bond acceptors (Lipinski definition) is 9. The molecule has 3 heterocycles. The van der Waals surface area contributed by atoms with Crippen LogP contribution in [-0.2, 0) is 38.1 Å². The van der Waals surface area contributed by atoms with Crippen LogP contribution in [0.3, 0.4) is 0 Å². The maximum absolute atomic E-state index is 13.3. The van der Waals surface area contributed by atoms with Crippen LogP contribution in [0.15, 0.2) is 36.0 Å². The number of fused-ring (bicyclic) bond motifs is 2. The SMILES string of the molecule is CC1=C[C@H]2O[C@@H]3[C@H]4C[C@](C)([C@]2(CC1)COC(=O)[C@H]([C@H](C)CCO)OC(=O)/C=C/C=C\C(=O)O4)[C@]31CO1. The predicted octanol–water partition coefficient (Wildman–Crippen LogP) is 2.17. The van der Waals surface area contributed by atoms with Crippen molar-refractivity contribution in [2.24, 2.45) is 16.7 Å². The lowest BCUT2D eigenvalue weighted by molar-refractivity contribution is -0.226. The second-order valence-electron chi connectivity index (χ2n) is 11.0. The minimum Gasteiger partial charge on any atom is -0.462 e. The van der Waals surface area contributed by atoms with E-state index in [0.29, 0.717) is 19.4 Å². The average Bonchev–Trinajstić information content (AvgIpc) is 3.60. The highest BCUT2D eigenvalue weighted by Gasteiger charge is 2.82. The Morgan fingerprint density at radius 2 is 1.81 bits per heavy atom. The van der Waals surface area contributed by atoms with E-state index in [1.165, 1.54) is 23.8 Å². The molecule has 5 aliphatic rings. The van der Waals surface area contributed by atoms with E-state index in [0.717, 1.165) is 12.5 Å². The lowest BCUT2D eigenvalue weighted by atomic mass is 9.52. The van der Waals surface area contributed by atoms with E-state index in [-0.39, 0.29) is 25.7 Å². The van der Waals surface area contributed by atoms with Crippen LogP contribution < -0.4 is 0 Å². The average molecular weight is 503 g/mol. The number of ether oxygens (including phenoxy) is 5. The molecule has 1 N–H and O–H groups in total. The van der Waals surface area contributed by atoms with Gasteiger partial charge in [-0.2, -0.15) is 0 Å². The minimum absolute atomic E-state index is 0.0465. The lowest BCUT2D eigenvalue weighted by Crippen LogP contribution is -2.64. The Morgan fingerprint density at radius 1 is 1.11 bits per heavy atom. The smallest absolute Gasteiger partial charge is 0.347 e. The Morgan fingerprint density at radius 3 is 2.47 bits per heavy atom. The highest BCUT2D eigenvalue weighted by atomic mass is 16.7. The molecule has 2 saturated heterocycles. The molecule has 0 unspecified atom stereocenters. The molecule has 0 radical (unpaired) electrons. The summed E-state index contributed by atoms with van der Waals surface area (Å²) in [5.41, 5.74) is -0.528. The van der Waals surface area contributed by atoms with Crippen LogP contribution in [0.1, 0.15) is 46.5 Å². The standard InChI is InChI=1S/C27H34O9/c1-16-8-10-26-14-32-24(31)22(17(2)9-11-28)36-21(30)7-5-4-6-20(29)34-18-13-25(26,3)27(15-33-27)23(18)35-19(26)12-16/h4-7,12,17-19,22-23,28H,8-11,13-15H2,1-3H3/b6-4-,7-5+/t17-,18-,19-,22+,23-,25-,26-,27+/m1/s1. The van der Waals surface area contributed by atoms with Crippen molar-refractivity contribution in [3.63, 3.8) is 0 Å². The monoisotopic (exact) mass is 502 g/mol. The molecule has 9 heteroatoms. The van der Waals surface area contributed by atoms with Crippen molar-refractivity contribution in [2.75, 3.05) is 19.8 Å². The van der Waals surface area contributed by atoms with Crippen LogP contribution in [0.25, 0.3) is 0 Å². The van der Waals surface area contributed by atoms with Gasteiger partial charge in [-0.15, -0.1) is 0 Å². The number of hydrogen-bond donors (Lipinski definition) is 1. The molecular formula is C27H34O9. The van der Waals surface area contributed by atoms with E-state index >= 15 is 0 Å². The molecule has 0 aromatic heterocycles. The van der Waals surface area contributed by atoms with Crippen molar-refractivity contribution in [1.82, 2.24) is 0 Å². The van der Waals surface area contributed by atoms with Gasteiger partial charge in [0.1, 0.15) is 24.4 Å². The van der Waals surface area contributed by atoms with Gasteiger partial charge in [0.2, 0.25) is 6.10 Å². The third-order valence-electron chi connectivity index (χ3n) is 9.03. The summed E-state index contributed by atoms with van der Waals surface area (Å²) in [7, 11) is 0. The zero-order chi connectivity index (χ0) is 25.7. The number of rotatable bonds is 3. The Kier molecular flexibility index (Phi) is 6.37. The number of esters is 3. The highest BCUT2D eigenvalue weighted by Crippen LogP contribution is 2.71. The first-order valence-corrected chi connectivity index (χ1v) is 12.7. The first kappa shape index (κ1) is 25.2. The molecule has 0 aromatic carbocycles. The van der Waals surface area contributed by atoms with Crippen molar-refractivity contribution in [3.8, 4) is 0 Å². The molecule has 1 saturated carbocycles. The second-order valence-corrected chi connectivity index (χ2v) is 11.0. The summed E-state index contributed by atoms with van der Waals surface area (Å²) < 4.78 is 29.9. The summed E-state index contributed by atoms with van der Waals surface area (Å²) in [6, 6.07) is 0. The van der Waals surface area contributed by atoms with Crippen molar-refractivity contribution in [2.45, 2.75) is 76.5 Å². The molecule has 3 fully saturated rings. The zero-order valence-electron chi connectivity index (χ0n) is 20.9. The van der Waals surface area contributed by atoms with Gasteiger partial charge in [0, 0.05) is 35.5 Å². The third-order valence-corrected chi connectivity index (χ3v) is 9.03. The van der Waals surface area contributed by atoms with Crippen LogP contribution in [-0.4, -0.2) is 72.9 Å². The molecule has 9 nitrogen and oxygen atoms in total. The normalized spacial score (nSPS) is 44.7. The molecule has 2 aliphatic carbocycles. The highest BCUT2D eigenvalue weighted by molar-refractivity contribution is 5.87. The predicted molar refractivity (Wildman–Crippen MR) is 125 cm³/mol. The van der Waals surface area contributed by atoms with E-state index in [9.17, 15) is 19.5 Å². The molecule has 3 aliphatic heterocycles. The van der Waals surface area contributed by atoms with Crippen LogP contribution >= 0.6 is 0 Å². The zero-order valence-corrected chi connectivity index (χ0v) is 20.9. The van der Waals surface area contributed by atoms with Gasteiger partial charge in [0.25, 0.3) is 0 Å². The van der Waals surface area contributed by atoms with Gasteiger partial charge in [0.05, 0.1) is 12.7 Å². The minimum atomic E-state index is -1.18. The molecule has 0 aromatic rings. The molecular weight excluding hydrogens is 468 g/mol. The quantitative estimate of drug-likeness (QED) is 0.268. The molecule has 2 spiro atoms. The molecule has 8 atom stereocenters. The van der Waals surface area contributed by atoms with Gasteiger partial charge in [-0.05, 0) is 32.6 Å². The van der Waals surface area contributed by atoms with E-state index in [2.05, 4.69) is 19.9 Å². The molecule has 3 bridgehead atoms. The fraction of sp³-hybridized carbons (Fsp3) is 0.667. The first-order valence-electron chi connectivity index (χ1n) is 12.7. The van der Waals surface area contributed by atoms with Gasteiger partial charge < -0.3 is 28.8 Å². The van der Waals surface area contributed by atoms with Gasteiger partial charge in [-0.1, -0.05) is 37.6 Å². The van der Waals surface area contributed by atoms with Crippen LogP contribution in [0, 0.1) is 16.7 Å². The number of cyclic esters (lactones) is 2. The van der Waals surface area contributed by atoms with Crippen LogP contribution in [0.4, 0.5) is 0 Å². The Balaban J connectivity index is 1.55. The Labute approximate surface area is 210 Å². The summed E-state index contributed by atoms with van der Waals surface area (Å²) in [6.07, 6.45) is 7.03. The molecule has 0 amide bonds.